The highest BCUT2D eigenvalue weighted by Crippen LogP contribution is 2.17. The number of aliphatic hydroxyl groups excluding tert-OH is 2. The molecule has 1 aromatic rings. The number of carbonyl (C=O) groups excluding carboxylic acids is 1. The van der Waals surface area contributed by atoms with Crippen molar-refractivity contribution >= 4 is 21.8 Å². The third-order valence-corrected chi connectivity index (χ3v) is 3.33. The number of halogens is 2. The van der Waals surface area contributed by atoms with Gasteiger partial charge in [-0.25, -0.2) is 4.39 Å². The van der Waals surface area contributed by atoms with Gasteiger partial charge in [-0.2, -0.15) is 0 Å². The predicted molar refractivity (Wildman–Crippen MR) is 68.8 cm³/mol. The Hall–Kier alpha value is -0.980. The zero-order valence-electron chi connectivity index (χ0n) is 9.91. The molecule has 3 N–H and O–H groups in total. The van der Waals surface area contributed by atoms with Crippen molar-refractivity contribution in [3.05, 3.63) is 34.1 Å². The summed E-state index contributed by atoms with van der Waals surface area (Å²) in [7, 11) is 0. The first-order valence-corrected chi connectivity index (χ1v) is 6.26. The quantitative estimate of drug-likeness (QED) is 0.769. The molecule has 0 bridgehead atoms. The predicted octanol–water partition coefficient (Wildman–Crippen LogP) is 1.45. The number of nitrogens with one attached hydrogen (secondary N) is 1. The monoisotopic (exact) mass is 319 g/mol. The minimum absolute atomic E-state index is 0.135. The van der Waals surface area contributed by atoms with Crippen LogP contribution in [0.4, 0.5) is 4.39 Å². The smallest absolute Gasteiger partial charge is 0.254 e. The molecule has 0 aliphatic heterocycles. The lowest BCUT2D eigenvalue weighted by Gasteiger charge is -2.29. The van der Waals surface area contributed by atoms with Gasteiger partial charge in [0.1, 0.15) is 5.82 Å². The molecule has 0 unspecified atom stereocenters. The van der Waals surface area contributed by atoms with Crippen LogP contribution in [0.3, 0.4) is 0 Å². The van der Waals surface area contributed by atoms with Crippen molar-refractivity contribution in [2.24, 2.45) is 0 Å². The van der Waals surface area contributed by atoms with Gasteiger partial charge in [-0.3, -0.25) is 4.79 Å². The van der Waals surface area contributed by atoms with Gasteiger partial charge in [0, 0.05) is 4.47 Å². The molecular weight excluding hydrogens is 305 g/mol. The highest BCUT2D eigenvalue weighted by atomic mass is 79.9. The van der Waals surface area contributed by atoms with E-state index < -0.39 is 30.5 Å². The lowest BCUT2D eigenvalue weighted by Crippen LogP contribution is -2.53. The van der Waals surface area contributed by atoms with Crippen LogP contribution in [0.25, 0.3) is 0 Å². The second-order valence-corrected chi connectivity index (χ2v) is 4.94. The van der Waals surface area contributed by atoms with Crippen LogP contribution in [0.15, 0.2) is 22.7 Å². The molecule has 0 heterocycles. The van der Waals surface area contributed by atoms with Crippen molar-refractivity contribution in [3.8, 4) is 0 Å². The van der Waals surface area contributed by atoms with Gasteiger partial charge in [0.2, 0.25) is 0 Å². The van der Waals surface area contributed by atoms with Crippen LogP contribution in [0.1, 0.15) is 23.7 Å². The van der Waals surface area contributed by atoms with Crippen LogP contribution >= 0.6 is 15.9 Å². The van der Waals surface area contributed by atoms with Crippen molar-refractivity contribution in [2.75, 3.05) is 13.2 Å². The van der Waals surface area contributed by atoms with E-state index in [0.29, 0.717) is 10.9 Å². The van der Waals surface area contributed by atoms with E-state index >= 15 is 0 Å². The topological polar surface area (TPSA) is 69.6 Å². The van der Waals surface area contributed by atoms with E-state index in [2.05, 4.69) is 21.2 Å². The van der Waals surface area contributed by atoms with Crippen LogP contribution < -0.4 is 5.32 Å². The maximum atomic E-state index is 13.5. The summed E-state index contributed by atoms with van der Waals surface area (Å²) in [6, 6.07) is 4.00. The summed E-state index contributed by atoms with van der Waals surface area (Å²) in [5, 5.41) is 20.9. The zero-order chi connectivity index (χ0) is 13.8. The fourth-order valence-corrected chi connectivity index (χ4v) is 1.78. The minimum Gasteiger partial charge on any atom is -0.394 e. The van der Waals surface area contributed by atoms with E-state index in [0.717, 1.165) is 0 Å². The van der Waals surface area contributed by atoms with Gasteiger partial charge in [0.15, 0.2) is 0 Å². The van der Waals surface area contributed by atoms with E-state index in [1.165, 1.54) is 18.2 Å². The highest BCUT2D eigenvalue weighted by Gasteiger charge is 2.29. The molecule has 0 atom stereocenters. The van der Waals surface area contributed by atoms with E-state index in [1.54, 1.807) is 6.92 Å². The van der Waals surface area contributed by atoms with Gasteiger partial charge in [-0.1, -0.05) is 22.9 Å². The summed E-state index contributed by atoms with van der Waals surface area (Å²) < 4.78 is 14.1. The average Bonchev–Trinajstić information content (AvgIpc) is 2.38. The van der Waals surface area contributed by atoms with Gasteiger partial charge in [-0.05, 0) is 24.6 Å². The Kier molecular flexibility index (Phi) is 5.25. The first-order chi connectivity index (χ1) is 8.48. The second-order valence-electron chi connectivity index (χ2n) is 4.03. The number of aliphatic hydroxyl groups is 2. The van der Waals surface area contributed by atoms with E-state index in [4.69, 9.17) is 0 Å². The number of hydrogen-bond donors (Lipinski definition) is 3. The number of carbonyl (C=O) groups is 1. The van der Waals surface area contributed by atoms with E-state index in [1.807, 2.05) is 0 Å². The van der Waals surface area contributed by atoms with Crippen LogP contribution in [-0.4, -0.2) is 34.9 Å². The zero-order valence-corrected chi connectivity index (χ0v) is 11.5. The molecule has 1 rings (SSSR count). The molecule has 18 heavy (non-hydrogen) atoms. The van der Waals surface area contributed by atoms with Gasteiger partial charge in [0.05, 0.1) is 24.3 Å². The normalized spacial score (nSPS) is 11.4. The van der Waals surface area contributed by atoms with Gasteiger partial charge >= 0.3 is 0 Å². The van der Waals surface area contributed by atoms with Crippen LogP contribution in [0, 0.1) is 5.82 Å². The lowest BCUT2D eigenvalue weighted by atomic mass is 9.98. The fourth-order valence-electron chi connectivity index (χ4n) is 1.42. The van der Waals surface area contributed by atoms with Crippen molar-refractivity contribution in [3.63, 3.8) is 0 Å². The second kappa shape index (κ2) is 6.26. The van der Waals surface area contributed by atoms with Crippen molar-refractivity contribution in [1.29, 1.82) is 0 Å². The number of benzene rings is 1. The summed E-state index contributed by atoms with van der Waals surface area (Å²) >= 11 is 3.15. The highest BCUT2D eigenvalue weighted by molar-refractivity contribution is 9.10. The molecule has 0 radical (unpaired) electrons. The largest absolute Gasteiger partial charge is 0.394 e. The van der Waals surface area contributed by atoms with E-state index in [-0.39, 0.29) is 5.56 Å². The van der Waals surface area contributed by atoms with Crippen LogP contribution in [-0.2, 0) is 0 Å². The maximum Gasteiger partial charge on any atom is 0.254 e. The molecule has 0 saturated carbocycles. The standard InChI is InChI=1S/C12H15BrFNO3/c1-2-12(6-16,7-17)15-11(18)9-5-8(13)3-4-10(9)14/h3-5,16-17H,2,6-7H2,1H3,(H,15,18). The van der Waals surface area contributed by atoms with Crippen molar-refractivity contribution < 1.29 is 19.4 Å². The van der Waals surface area contributed by atoms with Crippen molar-refractivity contribution in [1.82, 2.24) is 5.32 Å². The Balaban J connectivity index is 2.97. The summed E-state index contributed by atoms with van der Waals surface area (Å²) in [6.07, 6.45) is 0.335. The first-order valence-electron chi connectivity index (χ1n) is 5.47. The lowest BCUT2D eigenvalue weighted by molar-refractivity contribution is 0.0650. The van der Waals surface area contributed by atoms with Gasteiger partial charge in [0.25, 0.3) is 5.91 Å². The summed E-state index contributed by atoms with van der Waals surface area (Å²) in [6.45, 7) is 0.882. The first kappa shape index (κ1) is 15.1. The summed E-state index contributed by atoms with van der Waals surface area (Å²) in [4.78, 5) is 11.9. The molecule has 0 spiro atoms. The Morgan fingerprint density at radius 1 is 1.44 bits per heavy atom. The molecule has 0 aliphatic rings. The van der Waals surface area contributed by atoms with Crippen LogP contribution in [0.2, 0.25) is 0 Å². The van der Waals surface area contributed by atoms with E-state index in [9.17, 15) is 19.4 Å². The molecule has 4 nitrogen and oxygen atoms in total. The Morgan fingerprint density at radius 3 is 2.56 bits per heavy atom. The molecule has 0 saturated heterocycles. The number of rotatable bonds is 5. The number of amides is 1. The molecule has 100 valence electrons. The third-order valence-electron chi connectivity index (χ3n) is 2.83. The summed E-state index contributed by atoms with van der Waals surface area (Å²) in [5.74, 6) is -1.32. The number of hydrogen-bond acceptors (Lipinski definition) is 3. The SMILES string of the molecule is CCC(CO)(CO)NC(=O)c1cc(Br)ccc1F. The molecular formula is C12H15BrFNO3. The Bertz CT molecular complexity index is 427. The minimum atomic E-state index is -1.13. The molecule has 0 fully saturated rings. The molecule has 0 aliphatic carbocycles. The van der Waals surface area contributed by atoms with Crippen LogP contribution in [0.5, 0.6) is 0 Å². The Labute approximate surface area is 113 Å². The average molecular weight is 320 g/mol. The molecule has 1 aromatic carbocycles. The fraction of sp³-hybridized carbons (Fsp3) is 0.417. The molecule has 0 aromatic heterocycles. The van der Waals surface area contributed by atoms with Gasteiger partial charge in [-0.15, -0.1) is 0 Å². The molecule has 1 amide bonds. The molecule has 6 heteroatoms. The Morgan fingerprint density at radius 2 is 2.06 bits per heavy atom. The maximum absolute atomic E-state index is 13.5. The van der Waals surface area contributed by atoms with Crippen molar-refractivity contribution in [2.45, 2.75) is 18.9 Å². The van der Waals surface area contributed by atoms with Gasteiger partial charge < -0.3 is 15.5 Å². The summed E-state index contributed by atoms with van der Waals surface area (Å²) in [5.41, 5.74) is -1.27. The third kappa shape index (κ3) is 3.28.